The van der Waals surface area contributed by atoms with Crippen LogP contribution in [0.3, 0.4) is 0 Å². The lowest BCUT2D eigenvalue weighted by Crippen LogP contribution is -2.50. The number of hydrogen-bond acceptors (Lipinski definition) is 11. The molecule has 2 aromatic carbocycles. The fraction of sp³-hybridized carbons (Fsp3) is 0.444. The molecule has 0 bridgehead atoms. The molecule has 14 nitrogen and oxygen atoms in total. The number of carbonyl (C=O) groups excluding carboxylic acids is 5. The highest BCUT2D eigenvalue weighted by Crippen LogP contribution is 2.44. The first-order valence-electron chi connectivity index (χ1n) is 20.5. The van der Waals surface area contributed by atoms with Crippen molar-refractivity contribution in [2.24, 2.45) is 18.4 Å². The van der Waals surface area contributed by atoms with E-state index in [2.05, 4.69) is 14.8 Å². The van der Waals surface area contributed by atoms with Gasteiger partial charge in [-0.25, -0.2) is 0 Å². The molecule has 9 rings (SSSR count). The molecule has 1 atom stereocenters. The molecule has 6 heterocycles. The van der Waals surface area contributed by atoms with Crippen molar-refractivity contribution in [3.63, 3.8) is 0 Å². The van der Waals surface area contributed by atoms with Crippen LogP contribution in [-0.2, 0) is 28.0 Å². The third-order valence-corrected chi connectivity index (χ3v) is 13.4. The first-order valence-corrected chi connectivity index (χ1v) is 20.5. The Hall–Kier alpha value is -5.89. The number of likely N-dealkylation sites (tertiary alicyclic amines) is 2. The van der Waals surface area contributed by atoms with Crippen LogP contribution in [0.15, 0.2) is 59.8 Å². The number of aryl methyl sites for hydroxylation is 1. The number of aromatic nitrogens is 2. The molecule has 4 aliphatic heterocycles. The number of nitrogens with zero attached hydrogens (tertiary/aromatic N) is 6. The lowest BCUT2D eigenvalue weighted by atomic mass is 9.77. The van der Waals surface area contributed by atoms with E-state index in [1.165, 1.54) is 0 Å². The van der Waals surface area contributed by atoms with Crippen LogP contribution in [0, 0.1) is 11.3 Å². The van der Waals surface area contributed by atoms with E-state index in [-0.39, 0.29) is 53.6 Å². The number of ether oxygens (including phenoxy) is 2. The number of fused-ring (bicyclic) bond motifs is 2. The second-order valence-electron chi connectivity index (χ2n) is 17.0. The van der Waals surface area contributed by atoms with Gasteiger partial charge in [0.05, 0.1) is 48.8 Å². The van der Waals surface area contributed by atoms with Crippen LogP contribution in [0.1, 0.15) is 71.2 Å². The summed E-state index contributed by atoms with van der Waals surface area (Å²) in [4.78, 5) is 89.2. The van der Waals surface area contributed by atoms with Crippen LogP contribution in [0.4, 0.5) is 5.69 Å². The molecule has 3 saturated heterocycles. The fourth-order valence-corrected chi connectivity index (χ4v) is 10.0. The summed E-state index contributed by atoms with van der Waals surface area (Å²) in [7, 11) is 5.03. The zero-order valence-corrected chi connectivity index (χ0v) is 33.7. The van der Waals surface area contributed by atoms with E-state index < -0.39 is 17.9 Å². The number of hydrogen-bond donors (Lipinski definition) is 0. The molecule has 3 amide bonds. The van der Waals surface area contributed by atoms with Crippen molar-refractivity contribution in [2.75, 3.05) is 58.4 Å². The van der Waals surface area contributed by atoms with Gasteiger partial charge in [-0.3, -0.25) is 43.6 Å². The number of anilines is 1. The van der Waals surface area contributed by atoms with E-state index in [0.29, 0.717) is 41.0 Å². The smallest absolute Gasteiger partial charge is 0.262 e. The van der Waals surface area contributed by atoms with Gasteiger partial charge in [0.1, 0.15) is 17.3 Å². The first kappa shape index (κ1) is 38.6. The van der Waals surface area contributed by atoms with Crippen molar-refractivity contribution < 1.29 is 33.4 Å². The highest BCUT2D eigenvalue weighted by atomic mass is 16.5. The third-order valence-electron chi connectivity index (χ3n) is 13.4. The summed E-state index contributed by atoms with van der Waals surface area (Å²) in [5.41, 5.74) is 4.14. The largest absolute Gasteiger partial charge is 0.496 e. The summed E-state index contributed by atoms with van der Waals surface area (Å²) in [6.45, 7) is 5.29. The standard InChI is InChI=1S/C45H48N6O8/c1-47-24-35(31-8-12-46-21-34(31)42(47)55)28-17-39(58-2)36(40(18-28)59-3)25-48-22-27(23-48)16-41(54)49-13-9-45(10-14-49)11-15-50(26-45)29-4-6-32-33(19-29)44(57)51(43(32)56)37-7-5-30(52)20-38(37)53/h4,6,8,12,17-19,21,24,27,37H,5,7,9-11,13-16,20,22-23,25-26H2,1-3H3. The summed E-state index contributed by atoms with van der Waals surface area (Å²) >= 11 is 0. The highest BCUT2D eigenvalue weighted by molar-refractivity contribution is 6.24. The Bertz CT molecular complexity index is 2460. The Balaban J connectivity index is 0.783. The van der Waals surface area contributed by atoms with Crippen LogP contribution in [-0.4, -0.2) is 113 Å². The zero-order valence-electron chi connectivity index (χ0n) is 33.7. The van der Waals surface area contributed by atoms with E-state index in [1.54, 1.807) is 50.4 Å². The van der Waals surface area contributed by atoms with Crippen molar-refractivity contribution in [3.8, 4) is 22.6 Å². The number of amides is 3. The average molecular weight is 801 g/mol. The summed E-state index contributed by atoms with van der Waals surface area (Å²) < 4.78 is 13.3. The van der Waals surface area contributed by atoms with Gasteiger partial charge in [0, 0.05) is 95.5 Å². The number of methoxy groups -OCH3 is 2. The van der Waals surface area contributed by atoms with Gasteiger partial charge in [-0.15, -0.1) is 0 Å². The Morgan fingerprint density at radius 3 is 2.29 bits per heavy atom. The number of imide groups is 1. The molecule has 4 fully saturated rings. The van der Waals surface area contributed by atoms with Crippen molar-refractivity contribution in [3.05, 3.63) is 82.0 Å². The molecule has 1 saturated carbocycles. The lowest BCUT2D eigenvalue weighted by Gasteiger charge is -2.42. The number of benzene rings is 2. The molecule has 5 aliphatic rings. The van der Waals surface area contributed by atoms with Crippen LogP contribution in [0.25, 0.3) is 21.9 Å². The molecule has 59 heavy (non-hydrogen) atoms. The fourth-order valence-electron chi connectivity index (χ4n) is 10.0. The van der Waals surface area contributed by atoms with Crippen molar-refractivity contribution in [1.82, 2.24) is 24.3 Å². The molecule has 4 aromatic rings. The molecule has 1 aliphatic carbocycles. The Morgan fingerprint density at radius 2 is 1.58 bits per heavy atom. The second kappa shape index (κ2) is 15.0. The minimum atomic E-state index is -0.882. The quantitative estimate of drug-likeness (QED) is 0.177. The summed E-state index contributed by atoms with van der Waals surface area (Å²) in [5, 5.41) is 1.35. The maximum Gasteiger partial charge on any atom is 0.262 e. The van der Waals surface area contributed by atoms with Crippen LogP contribution in [0.2, 0.25) is 0 Å². The topological polar surface area (TPSA) is 152 Å². The predicted octanol–water partition coefficient (Wildman–Crippen LogP) is 4.25. The summed E-state index contributed by atoms with van der Waals surface area (Å²) in [5.74, 6) is 0.409. The van der Waals surface area contributed by atoms with Gasteiger partial charge >= 0.3 is 0 Å². The molecule has 306 valence electrons. The molecule has 14 heteroatoms. The van der Waals surface area contributed by atoms with Crippen molar-refractivity contribution in [1.29, 1.82) is 0 Å². The number of pyridine rings is 2. The van der Waals surface area contributed by atoms with Crippen LogP contribution >= 0.6 is 0 Å². The number of carbonyl (C=O) groups is 5. The Kier molecular flexibility index (Phi) is 9.85. The van der Waals surface area contributed by atoms with Gasteiger partial charge in [-0.2, -0.15) is 0 Å². The molecule has 2 aromatic heterocycles. The van der Waals surface area contributed by atoms with Crippen LogP contribution < -0.4 is 19.9 Å². The van der Waals surface area contributed by atoms with Gasteiger partial charge < -0.3 is 23.8 Å². The summed E-state index contributed by atoms with van der Waals surface area (Å²) in [6.07, 6.45) is 8.56. The molecule has 1 unspecified atom stereocenters. The number of Topliss-reactive ketones (excluding diaryl/α,β-unsaturated/α-hetero) is 2. The Morgan fingerprint density at radius 1 is 0.864 bits per heavy atom. The maximum atomic E-state index is 13.5. The number of ketones is 2. The summed E-state index contributed by atoms with van der Waals surface area (Å²) in [6, 6.07) is 10.3. The Labute approximate surface area is 341 Å². The number of piperidine rings is 1. The zero-order chi connectivity index (χ0) is 41.2. The monoisotopic (exact) mass is 800 g/mol. The van der Waals surface area contributed by atoms with E-state index in [9.17, 15) is 28.8 Å². The maximum absolute atomic E-state index is 13.5. The molecule has 0 radical (unpaired) electrons. The predicted molar refractivity (Wildman–Crippen MR) is 219 cm³/mol. The molecular weight excluding hydrogens is 753 g/mol. The van der Waals surface area contributed by atoms with E-state index >= 15 is 0 Å². The van der Waals surface area contributed by atoms with Crippen LogP contribution in [0.5, 0.6) is 11.5 Å². The average Bonchev–Trinajstić information content (AvgIpc) is 3.75. The molecule has 1 spiro atoms. The second-order valence-corrected chi connectivity index (χ2v) is 17.0. The highest BCUT2D eigenvalue weighted by Gasteiger charge is 2.46. The SMILES string of the molecule is COc1cc(-c2cn(C)c(=O)c3cnccc23)cc(OC)c1CN1CC(CC(=O)N2CCC3(CC2)CCN(c2ccc4c(c2)C(=O)N(C2CCC(=O)CC2=O)C4=O)C3)C1. The minimum Gasteiger partial charge on any atom is -0.496 e. The first-order chi connectivity index (χ1) is 28.5. The lowest BCUT2D eigenvalue weighted by molar-refractivity contribution is -0.136. The minimum absolute atomic E-state index is 0.0745. The number of rotatable bonds is 9. The van der Waals surface area contributed by atoms with Gasteiger partial charge in [0.25, 0.3) is 17.4 Å². The van der Waals surface area contributed by atoms with Crippen molar-refractivity contribution in [2.45, 2.75) is 57.5 Å². The third kappa shape index (κ3) is 6.86. The van der Waals surface area contributed by atoms with E-state index in [1.807, 2.05) is 35.4 Å². The molecular formula is C45H48N6O8. The van der Waals surface area contributed by atoms with Crippen molar-refractivity contribution >= 4 is 45.7 Å². The van der Waals surface area contributed by atoms with Gasteiger partial charge in [0.2, 0.25) is 5.91 Å². The van der Waals surface area contributed by atoms with Gasteiger partial charge in [-0.1, -0.05) is 0 Å². The normalized spacial score (nSPS) is 20.8. The molecule has 0 N–H and O–H groups in total. The van der Waals surface area contributed by atoms with Gasteiger partial charge in [0.15, 0.2) is 5.78 Å². The van der Waals surface area contributed by atoms with Gasteiger partial charge in [-0.05, 0) is 84.4 Å². The van der Waals surface area contributed by atoms with E-state index in [0.717, 1.165) is 91.2 Å². The van der Waals surface area contributed by atoms with E-state index in [4.69, 9.17) is 9.47 Å².